The molecule has 0 aliphatic carbocycles. The number of carbonyl (C=O) groups excluding carboxylic acids is 1. The van der Waals surface area contributed by atoms with Crippen molar-refractivity contribution in [1.82, 2.24) is 10.6 Å². The lowest BCUT2D eigenvalue weighted by Crippen LogP contribution is -2.35. The van der Waals surface area contributed by atoms with Crippen LogP contribution in [-0.2, 0) is 15.6 Å². The van der Waals surface area contributed by atoms with Crippen LogP contribution in [0.25, 0.3) is 0 Å². The summed E-state index contributed by atoms with van der Waals surface area (Å²) in [5.74, 6) is 0.431. The summed E-state index contributed by atoms with van der Waals surface area (Å²) in [4.78, 5) is 11.0. The van der Waals surface area contributed by atoms with Gasteiger partial charge in [0, 0.05) is 35.9 Å². The van der Waals surface area contributed by atoms with E-state index in [0.717, 1.165) is 0 Å². The molecule has 1 atom stereocenters. The van der Waals surface area contributed by atoms with Gasteiger partial charge in [0.05, 0.1) is 6.54 Å². The number of hydrogen-bond donors (Lipinski definition) is 2. The van der Waals surface area contributed by atoms with Gasteiger partial charge >= 0.3 is 0 Å². The summed E-state index contributed by atoms with van der Waals surface area (Å²) in [5, 5.41) is 5.51. The molecular weight excluding hydrogens is 188 g/mol. The lowest BCUT2D eigenvalue weighted by Gasteiger charge is -2.03. The van der Waals surface area contributed by atoms with Crippen molar-refractivity contribution in [3.05, 3.63) is 12.7 Å². The smallest absolute Gasteiger partial charge is 0.233 e. The Morgan fingerprint density at radius 2 is 2.31 bits per heavy atom. The highest BCUT2D eigenvalue weighted by Crippen LogP contribution is 1.72. The SMILES string of the molecule is C=CCNCC(=O)NCCS(C)=O. The minimum Gasteiger partial charge on any atom is -0.354 e. The Labute approximate surface area is 81.2 Å². The maximum Gasteiger partial charge on any atom is 0.233 e. The third-order valence-electron chi connectivity index (χ3n) is 1.29. The molecule has 0 saturated carbocycles. The van der Waals surface area contributed by atoms with Gasteiger partial charge in [0.2, 0.25) is 5.91 Å². The van der Waals surface area contributed by atoms with Gasteiger partial charge < -0.3 is 10.6 Å². The molecule has 1 unspecified atom stereocenters. The van der Waals surface area contributed by atoms with Gasteiger partial charge in [0.25, 0.3) is 0 Å². The maximum absolute atomic E-state index is 11.0. The molecule has 13 heavy (non-hydrogen) atoms. The van der Waals surface area contributed by atoms with Crippen molar-refractivity contribution in [2.45, 2.75) is 0 Å². The Kier molecular flexibility index (Phi) is 7.53. The zero-order valence-electron chi connectivity index (χ0n) is 7.84. The summed E-state index contributed by atoms with van der Waals surface area (Å²) < 4.78 is 10.6. The maximum atomic E-state index is 11.0. The van der Waals surface area contributed by atoms with E-state index in [2.05, 4.69) is 17.2 Å². The van der Waals surface area contributed by atoms with Crippen LogP contribution in [0.15, 0.2) is 12.7 Å². The first-order chi connectivity index (χ1) is 6.16. The van der Waals surface area contributed by atoms with Crippen molar-refractivity contribution in [3.63, 3.8) is 0 Å². The van der Waals surface area contributed by atoms with Crippen LogP contribution < -0.4 is 10.6 Å². The standard InChI is InChI=1S/C8H16N2O2S/c1-3-4-9-7-8(11)10-5-6-13(2)12/h3,9H,1,4-7H2,2H3,(H,10,11). The average Bonchev–Trinajstić information content (AvgIpc) is 2.04. The van der Waals surface area contributed by atoms with Gasteiger partial charge in [0.15, 0.2) is 0 Å². The fraction of sp³-hybridized carbons (Fsp3) is 0.625. The molecule has 0 spiro atoms. The number of hydrogen-bond acceptors (Lipinski definition) is 3. The molecule has 0 aromatic heterocycles. The van der Waals surface area contributed by atoms with E-state index in [1.807, 2.05) is 0 Å². The highest BCUT2D eigenvalue weighted by atomic mass is 32.2. The van der Waals surface area contributed by atoms with Gasteiger partial charge in [-0.2, -0.15) is 0 Å². The van der Waals surface area contributed by atoms with Gasteiger partial charge in [-0.1, -0.05) is 6.08 Å². The van der Waals surface area contributed by atoms with Gasteiger partial charge in [-0.15, -0.1) is 6.58 Å². The van der Waals surface area contributed by atoms with Gasteiger partial charge in [-0.05, 0) is 0 Å². The molecule has 1 amide bonds. The normalized spacial score (nSPS) is 12.1. The summed E-state index contributed by atoms with van der Waals surface area (Å²) >= 11 is 0. The van der Waals surface area contributed by atoms with Crippen LogP contribution >= 0.6 is 0 Å². The van der Waals surface area contributed by atoms with Crippen molar-refractivity contribution in [2.24, 2.45) is 0 Å². The second kappa shape index (κ2) is 7.94. The molecule has 76 valence electrons. The molecule has 0 saturated heterocycles. The molecule has 0 aromatic rings. The highest BCUT2D eigenvalue weighted by Gasteiger charge is 1.98. The molecular formula is C8H16N2O2S. The zero-order valence-corrected chi connectivity index (χ0v) is 8.65. The van der Waals surface area contributed by atoms with E-state index in [1.54, 1.807) is 12.3 Å². The van der Waals surface area contributed by atoms with E-state index >= 15 is 0 Å². The van der Waals surface area contributed by atoms with E-state index < -0.39 is 10.8 Å². The minimum absolute atomic E-state index is 0.0766. The molecule has 0 heterocycles. The summed E-state index contributed by atoms with van der Waals surface area (Å²) in [6.45, 7) is 4.88. The van der Waals surface area contributed by atoms with Crippen molar-refractivity contribution in [1.29, 1.82) is 0 Å². The van der Waals surface area contributed by atoms with Gasteiger partial charge in [-0.3, -0.25) is 9.00 Å². The van der Waals surface area contributed by atoms with E-state index in [0.29, 0.717) is 18.8 Å². The Morgan fingerprint density at radius 3 is 2.85 bits per heavy atom. The Morgan fingerprint density at radius 1 is 1.62 bits per heavy atom. The summed E-state index contributed by atoms with van der Waals surface area (Å²) in [7, 11) is -0.841. The highest BCUT2D eigenvalue weighted by molar-refractivity contribution is 7.84. The van der Waals surface area contributed by atoms with Crippen molar-refractivity contribution in [2.75, 3.05) is 31.6 Å². The lowest BCUT2D eigenvalue weighted by molar-refractivity contribution is -0.120. The molecule has 0 aliphatic heterocycles. The quantitative estimate of drug-likeness (QED) is 0.424. The second-order valence-corrected chi connectivity index (χ2v) is 4.10. The average molecular weight is 204 g/mol. The van der Waals surface area contributed by atoms with Crippen LogP contribution in [-0.4, -0.2) is 41.8 Å². The fourth-order valence-corrected chi connectivity index (χ4v) is 1.07. The number of nitrogens with one attached hydrogen (secondary N) is 2. The first kappa shape index (κ1) is 12.3. The summed E-state index contributed by atoms with van der Waals surface area (Å²) in [5.41, 5.74) is 0. The monoisotopic (exact) mass is 204 g/mol. The molecule has 4 nitrogen and oxygen atoms in total. The van der Waals surface area contributed by atoms with Gasteiger partial charge in [0.1, 0.15) is 0 Å². The van der Waals surface area contributed by atoms with E-state index in [4.69, 9.17) is 0 Å². The fourth-order valence-electron chi connectivity index (χ4n) is 0.684. The van der Waals surface area contributed by atoms with Crippen molar-refractivity contribution >= 4 is 16.7 Å². The first-order valence-electron chi connectivity index (χ1n) is 4.05. The molecule has 0 fully saturated rings. The van der Waals surface area contributed by atoms with Crippen LogP contribution in [0.1, 0.15) is 0 Å². The minimum atomic E-state index is -0.841. The molecule has 0 bridgehead atoms. The van der Waals surface area contributed by atoms with E-state index in [1.165, 1.54) is 0 Å². The van der Waals surface area contributed by atoms with Crippen LogP contribution in [0.5, 0.6) is 0 Å². The van der Waals surface area contributed by atoms with Crippen LogP contribution in [0.4, 0.5) is 0 Å². The lowest BCUT2D eigenvalue weighted by atomic mass is 10.5. The molecule has 0 rings (SSSR count). The van der Waals surface area contributed by atoms with Crippen LogP contribution in [0.2, 0.25) is 0 Å². The summed E-state index contributed by atoms with van der Waals surface area (Å²) in [6.07, 6.45) is 3.30. The first-order valence-corrected chi connectivity index (χ1v) is 5.78. The van der Waals surface area contributed by atoms with Gasteiger partial charge in [-0.25, -0.2) is 0 Å². The number of amides is 1. The largest absolute Gasteiger partial charge is 0.354 e. The summed E-state index contributed by atoms with van der Waals surface area (Å²) in [6, 6.07) is 0. The van der Waals surface area contributed by atoms with Crippen molar-refractivity contribution < 1.29 is 9.00 Å². The predicted octanol–water partition coefficient (Wildman–Crippen LogP) is -0.743. The van der Waals surface area contributed by atoms with E-state index in [-0.39, 0.29) is 12.5 Å². The zero-order chi connectivity index (χ0) is 10.1. The second-order valence-electron chi connectivity index (χ2n) is 2.55. The molecule has 0 radical (unpaired) electrons. The topological polar surface area (TPSA) is 58.2 Å². The molecule has 0 aliphatic rings. The van der Waals surface area contributed by atoms with Crippen LogP contribution in [0, 0.1) is 0 Å². The number of carbonyl (C=O) groups is 1. The molecule has 5 heteroatoms. The molecule has 2 N–H and O–H groups in total. The third-order valence-corrected chi connectivity index (χ3v) is 2.06. The number of rotatable bonds is 7. The van der Waals surface area contributed by atoms with E-state index in [9.17, 15) is 9.00 Å². The van der Waals surface area contributed by atoms with Crippen molar-refractivity contribution in [3.8, 4) is 0 Å². The molecule has 0 aromatic carbocycles. The van der Waals surface area contributed by atoms with Crippen LogP contribution in [0.3, 0.4) is 0 Å². The Bertz CT molecular complexity index is 195. The Balaban J connectivity index is 3.30. The Hall–Kier alpha value is -0.680. The predicted molar refractivity (Wildman–Crippen MR) is 55.0 cm³/mol. The third kappa shape index (κ3) is 9.23.